The molecule has 0 atom stereocenters. The Morgan fingerprint density at radius 2 is 1.86 bits per heavy atom. The number of rotatable bonds is 10. The number of hydrogen-bond donors (Lipinski definition) is 3. The Morgan fingerprint density at radius 1 is 1.17 bits per heavy atom. The van der Waals surface area contributed by atoms with Gasteiger partial charge in [-0.25, -0.2) is 9.79 Å². The number of nitrogens with zero attached hydrogens (tertiary/aromatic N) is 2. The van der Waals surface area contributed by atoms with Gasteiger partial charge in [0.2, 0.25) is 0 Å². The minimum atomic E-state index is -0.631. The molecule has 192 valence electrons. The molecule has 2 aromatic rings. The quantitative estimate of drug-likeness (QED) is 0.393. The molecule has 0 bridgehead atoms. The van der Waals surface area contributed by atoms with Crippen molar-refractivity contribution in [1.82, 2.24) is 15.2 Å². The first-order valence-corrected chi connectivity index (χ1v) is 13.0. The Balaban J connectivity index is 1.90. The van der Waals surface area contributed by atoms with E-state index >= 15 is 0 Å². The number of esters is 1. The highest BCUT2D eigenvalue weighted by Gasteiger charge is 2.33. The van der Waals surface area contributed by atoms with E-state index in [2.05, 4.69) is 34.0 Å². The number of nitrogens with one attached hydrogen (secondary N) is 2. The largest absolute Gasteiger partial charge is 0.506 e. The van der Waals surface area contributed by atoms with Crippen LogP contribution < -0.4 is 5.32 Å². The number of aliphatic hydroxyl groups excluding tert-OH is 1. The van der Waals surface area contributed by atoms with Gasteiger partial charge in [-0.05, 0) is 57.6 Å². The third-order valence-corrected chi connectivity index (χ3v) is 6.96. The molecule has 1 amide bonds. The van der Waals surface area contributed by atoms with Crippen LogP contribution in [0.15, 0.2) is 51.6 Å². The van der Waals surface area contributed by atoms with Crippen LogP contribution in [0.2, 0.25) is 0 Å². The van der Waals surface area contributed by atoms with Crippen molar-refractivity contribution in [2.45, 2.75) is 34.6 Å². The molecule has 3 N–H and O–H groups in total. The minimum absolute atomic E-state index is 0.0345. The summed E-state index contributed by atoms with van der Waals surface area (Å²) >= 11 is 1.19. The van der Waals surface area contributed by atoms with Gasteiger partial charge < -0.3 is 25.0 Å². The first kappa shape index (κ1) is 27.3. The molecule has 0 saturated heterocycles. The number of H-pyrrole nitrogens is 1. The van der Waals surface area contributed by atoms with Gasteiger partial charge in [-0.1, -0.05) is 43.8 Å². The van der Waals surface area contributed by atoms with Gasteiger partial charge in [-0.3, -0.25) is 4.79 Å². The number of para-hydroxylation sites is 1. The Labute approximate surface area is 216 Å². The number of aryl methyl sites for hydroxylation is 1. The van der Waals surface area contributed by atoms with E-state index in [9.17, 15) is 14.7 Å². The zero-order valence-electron chi connectivity index (χ0n) is 21.5. The molecule has 1 aliphatic rings. The van der Waals surface area contributed by atoms with Crippen molar-refractivity contribution in [2.75, 3.05) is 32.8 Å². The van der Waals surface area contributed by atoms with Gasteiger partial charge >= 0.3 is 5.97 Å². The maximum atomic E-state index is 12.9. The van der Waals surface area contributed by atoms with Crippen LogP contribution in [0, 0.1) is 13.8 Å². The average Bonchev–Trinajstić information content (AvgIpc) is 3.31. The van der Waals surface area contributed by atoms with Crippen LogP contribution in [0.4, 0.5) is 5.69 Å². The molecule has 0 unspecified atom stereocenters. The van der Waals surface area contributed by atoms with Gasteiger partial charge in [0, 0.05) is 24.5 Å². The molecule has 36 heavy (non-hydrogen) atoms. The summed E-state index contributed by atoms with van der Waals surface area (Å²) in [5, 5.41) is 14.3. The van der Waals surface area contributed by atoms with E-state index in [1.54, 1.807) is 13.0 Å². The molecule has 1 aromatic heterocycles. The smallest absolute Gasteiger partial charge is 0.344 e. The zero-order chi connectivity index (χ0) is 26.2. The number of amides is 1. The van der Waals surface area contributed by atoms with E-state index in [0.717, 1.165) is 30.9 Å². The summed E-state index contributed by atoms with van der Waals surface area (Å²) in [6.45, 7) is 13.0. The maximum Gasteiger partial charge on any atom is 0.344 e. The predicted octanol–water partition coefficient (Wildman–Crippen LogP) is 4.90. The maximum absolute atomic E-state index is 12.9. The van der Waals surface area contributed by atoms with Crippen LogP contribution in [0.1, 0.15) is 48.1 Å². The second-order valence-corrected chi connectivity index (χ2v) is 9.28. The van der Waals surface area contributed by atoms with Crippen molar-refractivity contribution in [1.29, 1.82) is 0 Å². The van der Waals surface area contributed by atoms with Gasteiger partial charge in [0.25, 0.3) is 5.91 Å². The highest BCUT2D eigenvalue weighted by atomic mass is 32.2. The number of thioether (sulfide) groups is 1. The lowest BCUT2D eigenvalue weighted by Crippen LogP contribution is -2.35. The number of aliphatic imine (C=N–C) groups is 1. The second kappa shape index (κ2) is 12.6. The zero-order valence-corrected chi connectivity index (χ0v) is 22.3. The fraction of sp³-hybridized carbons (Fsp3) is 0.370. The van der Waals surface area contributed by atoms with Crippen LogP contribution >= 0.6 is 11.8 Å². The summed E-state index contributed by atoms with van der Waals surface area (Å²) in [5.41, 5.74) is 3.45. The summed E-state index contributed by atoms with van der Waals surface area (Å²) in [6, 6.07) is 9.22. The molecule has 3 rings (SSSR count). The van der Waals surface area contributed by atoms with Gasteiger partial charge in [-0.2, -0.15) is 0 Å². The molecule has 1 aromatic carbocycles. The summed E-state index contributed by atoms with van der Waals surface area (Å²) in [7, 11) is 0. The van der Waals surface area contributed by atoms with E-state index in [1.807, 2.05) is 44.2 Å². The summed E-state index contributed by atoms with van der Waals surface area (Å²) < 4.78 is 5.17. The molecular weight excluding hydrogens is 476 g/mol. The fourth-order valence-electron chi connectivity index (χ4n) is 3.96. The molecule has 1 aliphatic heterocycles. The van der Waals surface area contributed by atoms with E-state index < -0.39 is 5.97 Å². The van der Waals surface area contributed by atoms with Gasteiger partial charge in [0.15, 0.2) is 0 Å². The molecule has 0 aliphatic carbocycles. The number of aliphatic hydroxyl groups is 1. The van der Waals surface area contributed by atoms with Crippen molar-refractivity contribution in [3.63, 3.8) is 0 Å². The first-order chi connectivity index (χ1) is 17.3. The minimum Gasteiger partial charge on any atom is -0.506 e. The summed E-state index contributed by atoms with van der Waals surface area (Å²) in [4.78, 5) is 36.1. The van der Waals surface area contributed by atoms with Crippen molar-refractivity contribution in [3.05, 3.63) is 69.1 Å². The molecule has 0 radical (unpaired) electrons. The van der Waals surface area contributed by atoms with Gasteiger partial charge in [0.1, 0.15) is 16.4 Å². The number of ether oxygens (including phenoxy) is 1. The Bertz CT molecular complexity index is 1190. The number of hydrogen-bond acceptors (Lipinski definition) is 7. The predicted molar refractivity (Wildman–Crippen MR) is 146 cm³/mol. The monoisotopic (exact) mass is 510 g/mol. The van der Waals surface area contributed by atoms with Crippen molar-refractivity contribution in [3.8, 4) is 0 Å². The molecule has 0 fully saturated rings. The normalized spacial score (nSPS) is 15.8. The Hall–Kier alpha value is -3.30. The van der Waals surface area contributed by atoms with Gasteiger partial charge in [-0.15, -0.1) is 0 Å². The van der Waals surface area contributed by atoms with Crippen LogP contribution in [0.3, 0.4) is 0 Å². The molecule has 0 saturated carbocycles. The van der Waals surface area contributed by atoms with Crippen LogP contribution in [0.25, 0.3) is 6.08 Å². The first-order valence-electron chi connectivity index (χ1n) is 12.1. The third kappa shape index (κ3) is 6.27. The fourth-order valence-corrected chi connectivity index (χ4v) is 4.97. The van der Waals surface area contributed by atoms with E-state index in [1.165, 1.54) is 11.8 Å². The van der Waals surface area contributed by atoms with Crippen molar-refractivity contribution < 1.29 is 19.4 Å². The lowest BCUT2D eigenvalue weighted by molar-refractivity contribution is -0.138. The lowest BCUT2D eigenvalue weighted by atomic mass is 10.1. The highest BCUT2D eigenvalue weighted by molar-refractivity contribution is 8.18. The van der Waals surface area contributed by atoms with Crippen LogP contribution in [-0.4, -0.2) is 64.7 Å². The van der Waals surface area contributed by atoms with E-state index in [-0.39, 0.29) is 23.8 Å². The van der Waals surface area contributed by atoms with E-state index in [4.69, 9.17) is 4.74 Å². The van der Waals surface area contributed by atoms with E-state index in [0.29, 0.717) is 33.4 Å². The van der Waals surface area contributed by atoms with Crippen molar-refractivity contribution in [2.24, 2.45) is 4.99 Å². The summed E-state index contributed by atoms with van der Waals surface area (Å²) in [6.07, 6.45) is 1.74. The molecule has 9 heteroatoms. The lowest BCUT2D eigenvalue weighted by Gasteiger charge is -2.18. The number of aromatic nitrogens is 1. The topological polar surface area (TPSA) is 107 Å². The van der Waals surface area contributed by atoms with Gasteiger partial charge in [0.05, 0.1) is 22.8 Å². The number of likely N-dealkylation sites (N-methyl/N-ethyl adjacent to an activating group) is 1. The Morgan fingerprint density at radius 3 is 2.50 bits per heavy atom. The Kier molecular flexibility index (Phi) is 9.55. The summed E-state index contributed by atoms with van der Waals surface area (Å²) in [5.74, 6) is -0.964. The number of aromatic amines is 1. The SMILES string of the molecule is CCOC(=O)C1=C(O)/C(=C\c2[nH]c(C)c(C(=O)NCCN(CC)CC)c2C)SC1=Nc1ccccc1. The molecular formula is C27H34N4O4S. The standard InChI is InChI=1S/C27H34N4O4S/c1-6-31(7-2)15-14-28-25(33)22-17(4)20(29-18(22)5)16-21-24(32)23(27(34)35-8-3)26(36-21)30-19-12-10-9-11-13-19/h9-13,16,29,32H,6-8,14-15H2,1-5H3,(H,28,33)/b21-16+,30-26?. The average molecular weight is 511 g/mol. The number of carbonyl (C=O) groups is 2. The van der Waals surface area contributed by atoms with Crippen LogP contribution in [-0.2, 0) is 9.53 Å². The molecule has 8 nitrogen and oxygen atoms in total. The third-order valence-electron chi connectivity index (χ3n) is 5.94. The number of carbonyl (C=O) groups excluding carboxylic acids is 2. The second-order valence-electron chi connectivity index (χ2n) is 8.25. The molecule has 0 spiro atoms. The number of benzene rings is 1. The molecule has 2 heterocycles. The van der Waals surface area contributed by atoms with Crippen LogP contribution in [0.5, 0.6) is 0 Å². The highest BCUT2D eigenvalue weighted by Crippen LogP contribution is 2.40. The van der Waals surface area contributed by atoms with Crippen molar-refractivity contribution >= 4 is 40.4 Å².